The standard InChI is InChI=1S/C18H24N2.C14H15BN2O2.C12H24B2O4.C12H5ClN4.C8H4N2/c1-17(2,3)13-7-9-15(19-11-13)16-10-8-14(12-20-16)18(4,5)6;1-13(2)14(3,4)19-15(18-13)11-6-10(9-16)7-12(8-11)17-5;1-9(2)10(3,4)16-13(15-9)14-17-11(5,6)12(7,8)18-14;1-15-10-3-8(6-14)2-9(4-10)11-5-12(13)17-7-16-11;1-10-8-4-2-3-7(5-8)6-9/h7-12H,1-6H3;6-8H,1-4H3;1-8H3;2-5,7H;2-5H. The molecule has 430 valence electrons. The van der Waals surface area contributed by atoms with Crippen molar-refractivity contribution in [3.05, 3.63) is 177 Å². The van der Waals surface area contributed by atoms with Gasteiger partial charge in [-0.1, -0.05) is 83.5 Å². The van der Waals surface area contributed by atoms with E-state index < -0.39 is 32.3 Å². The normalized spacial score (nSPS) is 17.1. The predicted octanol–water partition coefficient (Wildman–Crippen LogP) is 14.7. The van der Waals surface area contributed by atoms with E-state index in [9.17, 15) is 0 Å². The third kappa shape index (κ3) is 17.0. The Bertz CT molecular complexity index is 3340. The molecule has 6 aromatic rings. The molecule has 3 aromatic heterocycles. The lowest BCUT2D eigenvalue weighted by molar-refractivity contribution is 0.00578. The monoisotopic (exact) mass is 1140 g/mol. The van der Waals surface area contributed by atoms with Crippen LogP contribution >= 0.6 is 11.6 Å². The van der Waals surface area contributed by atoms with Crippen LogP contribution < -0.4 is 5.46 Å². The minimum absolute atomic E-state index is 0.134. The summed E-state index contributed by atoms with van der Waals surface area (Å²) >= 11 is 5.77. The molecule has 0 unspecified atom stereocenters. The molecule has 3 aliphatic rings. The summed E-state index contributed by atoms with van der Waals surface area (Å²) < 4.78 is 35.7. The lowest BCUT2D eigenvalue weighted by atomic mass is 9.49. The third-order valence-electron chi connectivity index (χ3n) is 15.2. The number of hydrogen-bond acceptors (Lipinski definition) is 13. The van der Waals surface area contributed by atoms with E-state index in [1.165, 1.54) is 23.5 Å². The molecule has 3 saturated heterocycles. The summed E-state index contributed by atoms with van der Waals surface area (Å²) in [6, 6.07) is 32.4. The van der Waals surface area contributed by atoms with Gasteiger partial charge in [0.25, 0.3) is 0 Å². The van der Waals surface area contributed by atoms with Gasteiger partial charge in [0.15, 0.2) is 17.1 Å². The Morgan fingerprint density at radius 2 is 0.857 bits per heavy atom. The Balaban J connectivity index is 0.000000195. The fraction of sp³-hybridized carbons (Fsp3) is 0.406. The molecule has 0 amide bonds. The van der Waals surface area contributed by atoms with E-state index in [1.54, 1.807) is 60.7 Å². The number of pyridine rings is 2. The summed E-state index contributed by atoms with van der Waals surface area (Å²) in [4.78, 5) is 26.8. The van der Waals surface area contributed by atoms with Gasteiger partial charge in [0.1, 0.15) is 11.5 Å². The lowest BCUT2D eigenvalue weighted by Crippen LogP contribution is -2.41. The number of rotatable bonds is 4. The molecule has 9 rings (SSSR count). The summed E-state index contributed by atoms with van der Waals surface area (Å²) in [5.41, 5.74) is 7.02. The lowest BCUT2D eigenvalue weighted by Gasteiger charge is -2.32. The molecule has 0 saturated carbocycles. The van der Waals surface area contributed by atoms with Crippen LogP contribution in [0, 0.1) is 53.7 Å². The smallest absolute Gasteiger partial charge is 0.405 e. The number of hydrogen-bond donors (Lipinski definition) is 0. The topological polar surface area (TPSA) is 191 Å². The van der Waals surface area contributed by atoms with Gasteiger partial charge in [-0.25, -0.2) is 24.5 Å². The number of nitriles is 3. The number of aromatic nitrogens is 4. The molecular formula is C64H72B3ClN10O6. The van der Waals surface area contributed by atoms with Gasteiger partial charge < -0.3 is 27.9 Å². The number of benzene rings is 3. The highest BCUT2D eigenvalue weighted by molar-refractivity contribution is 7.11. The molecule has 0 spiro atoms. The van der Waals surface area contributed by atoms with Crippen LogP contribution in [-0.2, 0) is 38.8 Å². The zero-order chi connectivity index (χ0) is 62.9. The van der Waals surface area contributed by atoms with E-state index in [-0.39, 0.29) is 33.2 Å². The molecule has 0 atom stereocenters. The van der Waals surface area contributed by atoms with Crippen LogP contribution in [0.3, 0.4) is 0 Å². The van der Waals surface area contributed by atoms with Crippen molar-refractivity contribution in [2.24, 2.45) is 0 Å². The zero-order valence-electron chi connectivity index (χ0n) is 51.4. The van der Waals surface area contributed by atoms with Gasteiger partial charge in [0.2, 0.25) is 0 Å². The van der Waals surface area contributed by atoms with Gasteiger partial charge >= 0.3 is 21.1 Å². The van der Waals surface area contributed by atoms with Crippen molar-refractivity contribution in [3.63, 3.8) is 0 Å². The SMILES string of the molecule is CC(C)(C)c1ccc(-c2ccc(C(C)(C)C)cn2)nc1.CC1(C)OB(B2OC(C)(C)C(C)(C)O2)OC1(C)C.[C-]#[N+]c1cc(C#N)cc(-c2cc(Cl)ncn2)c1.[C-]#[N+]c1cc(C#N)cc(B2OC(C)(C)C(C)(C)O2)c1.[C-]#[N+]c1cccc(C#N)c1. The fourth-order valence-corrected chi connectivity index (χ4v) is 8.03. The van der Waals surface area contributed by atoms with Crippen molar-refractivity contribution in [2.75, 3.05) is 0 Å². The Morgan fingerprint density at radius 3 is 1.24 bits per heavy atom. The molecule has 84 heavy (non-hydrogen) atoms. The van der Waals surface area contributed by atoms with Gasteiger partial charge in [-0.2, -0.15) is 15.8 Å². The first-order valence-electron chi connectivity index (χ1n) is 27.2. The van der Waals surface area contributed by atoms with Crippen LogP contribution in [0.1, 0.15) is 152 Å². The molecule has 20 heteroatoms. The maximum Gasteiger partial charge on any atom is 0.493 e. The van der Waals surface area contributed by atoms with Crippen molar-refractivity contribution in [1.29, 1.82) is 15.8 Å². The first-order valence-corrected chi connectivity index (χ1v) is 27.5. The van der Waals surface area contributed by atoms with Crippen molar-refractivity contribution in [2.45, 2.75) is 169 Å². The summed E-state index contributed by atoms with van der Waals surface area (Å²) in [7, 11) is -1.49. The van der Waals surface area contributed by atoms with E-state index in [2.05, 4.69) is 106 Å². The van der Waals surface area contributed by atoms with E-state index in [4.69, 9.17) is 75.0 Å². The average Bonchev–Trinajstić information content (AvgIpc) is 1.89. The zero-order valence-corrected chi connectivity index (χ0v) is 52.2. The van der Waals surface area contributed by atoms with E-state index in [0.717, 1.165) is 11.4 Å². The van der Waals surface area contributed by atoms with Crippen molar-refractivity contribution < 1.29 is 27.9 Å². The largest absolute Gasteiger partial charge is 0.493 e. The molecule has 0 radical (unpaired) electrons. The second-order valence-corrected chi connectivity index (χ2v) is 25.6. The molecule has 6 heterocycles. The van der Waals surface area contributed by atoms with Crippen LogP contribution in [0.25, 0.3) is 37.2 Å². The molecule has 3 aliphatic heterocycles. The van der Waals surface area contributed by atoms with Crippen LogP contribution in [0.2, 0.25) is 5.15 Å². The minimum atomic E-state index is -0.543. The summed E-state index contributed by atoms with van der Waals surface area (Å²) in [5.74, 6) is 0. The predicted molar refractivity (Wildman–Crippen MR) is 331 cm³/mol. The summed E-state index contributed by atoms with van der Waals surface area (Å²) in [6.45, 7) is 57.9. The summed E-state index contributed by atoms with van der Waals surface area (Å²) in [5, 5.41) is 26.6. The van der Waals surface area contributed by atoms with Crippen LogP contribution in [0.15, 0.2) is 110 Å². The van der Waals surface area contributed by atoms with E-state index >= 15 is 0 Å². The average molecular weight is 1150 g/mol. The minimum Gasteiger partial charge on any atom is -0.405 e. The molecule has 0 aliphatic carbocycles. The number of halogens is 1. The van der Waals surface area contributed by atoms with Gasteiger partial charge in [-0.3, -0.25) is 9.97 Å². The third-order valence-corrected chi connectivity index (χ3v) is 15.4. The summed E-state index contributed by atoms with van der Waals surface area (Å²) in [6.07, 6.45) is 5.25. The Labute approximate surface area is 503 Å². The highest BCUT2D eigenvalue weighted by Crippen LogP contribution is 2.43. The quantitative estimate of drug-likeness (QED) is 0.0921. The first kappa shape index (κ1) is 67.0. The maximum atomic E-state index is 9.00. The Hall–Kier alpha value is -7.78. The maximum absolute atomic E-state index is 9.00. The molecular weight excluding hydrogens is 1070 g/mol. The molecule has 3 aromatic carbocycles. The number of nitrogens with zero attached hydrogens (tertiary/aromatic N) is 10. The molecule has 0 bridgehead atoms. The highest BCUT2D eigenvalue weighted by Gasteiger charge is 2.63. The Kier molecular flexibility index (Phi) is 21.1. The van der Waals surface area contributed by atoms with Gasteiger partial charge in [-0.05, 0) is 171 Å². The van der Waals surface area contributed by atoms with Crippen molar-refractivity contribution in [3.8, 4) is 40.9 Å². The highest BCUT2D eigenvalue weighted by atomic mass is 35.5. The van der Waals surface area contributed by atoms with Crippen molar-refractivity contribution >= 4 is 55.3 Å². The Morgan fingerprint density at radius 1 is 0.452 bits per heavy atom. The van der Waals surface area contributed by atoms with Crippen LogP contribution in [0.4, 0.5) is 17.1 Å². The second-order valence-electron chi connectivity index (χ2n) is 25.2. The first-order chi connectivity index (χ1) is 38.9. The van der Waals surface area contributed by atoms with E-state index in [1.807, 2.05) is 108 Å². The molecule has 0 N–H and O–H groups in total. The van der Waals surface area contributed by atoms with Gasteiger partial charge in [0, 0.05) is 35.2 Å². The van der Waals surface area contributed by atoms with Gasteiger partial charge in [0.05, 0.1) is 88.6 Å². The fourth-order valence-electron chi connectivity index (χ4n) is 7.88. The van der Waals surface area contributed by atoms with Crippen molar-refractivity contribution in [1.82, 2.24) is 19.9 Å². The van der Waals surface area contributed by atoms with E-state index in [0.29, 0.717) is 55.6 Å². The molecule has 16 nitrogen and oxygen atoms in total. The second kappa shape index (κ2) is 26.4. The molecule has 3 fully saturated rings. The van der Waals surface area contributed by atoms with Crippen LogP contribution in [-0.4, -0.2) is 74.7 Å². The van der Waals surface area contributed by atoms with Gasteiger partial charge in [-0.15, -0.1) is 0 Å². The van der Waals surface area contributed by atoms with Crippen LogP contribution in [0.5, 0.6) is 0 Å².